The van der Waals surface area contributed by atoms with E-state index >= 15 is 0 Å². The molecule has 6 nitrogen and oxygen atoms in total. The van der Waals surface area contributed by atoms with Crippen LogP contribution in [0.15, 0.2) is 52.9 Å². The zero-order chi connectivity index (χ0) is 18.8. The van der Waals surface area contributed by atoms with Gasteiger partial charge in [0.25, 0.3) is 5.91 Å². The molecule has 138 valence electrons. The van der Waals surface area contributed by atoms with Crippen LogP contribution in [0.5, 0.6) is 0 Å². The van der Waals surface area contributed by atoms with E-state index < -0.39 is 0 Å². The molecule has 1 aliphatic heterocycles. The summed E-state index contributed by atoms with van der Waals surface area (Å²) in [4.78, 5) is 14.3. The summed E-state index contributed by atoms with van der Waals surface area (Å²) in [5, 5.41) is 17.8. The summed E-state index contributed by atoms with van der Waals surface area (Å²) < 4.78 is 5.78. The lowest BCUT2D eigenvalue weighted by atomic mass is 10.1. The molecule has 27 heavy (non-hydrogen) atoms. The lowest BCUT2D eigenvalue weighted by Gasteiger charge is -2.29. The minimum Gasteiger partial charge on any atom is -0.416 e. The highest BCUT2D eigenvalue weighted by atomic mass is 16.4. The van der Waals surface area contributed by atoms with Gasteiger partial charge in [0.2, 0.25) is 11.8 Å². The van der Waals surface area contributed by atoms with Crippen LogP contribution in [0.25, 0.3) is 22.9 Å². The van der Waals surface area contributed by atoms with Gasteiger partial charge < -0.3 is 14.4 Å². The Balaban J connectivity index is 1.49. The molecule has 1 aromatic heterocycles. The van der Waals surface area contributed by atoms with Crippen molar-refractivity contribution in [2.24, 2.45) is 0 Å². The van der Waals surface area contributed by atoms with Crippen molar-refractivity contribution in [2.45, 2.75) is 25.9 Å². The second kappa shape index (κ2) is 7.32. The molecule has 6 heteroatoms. The van der Waals surface area contributed by atoms with Gasteiger partial charge in [-0.1, -0.05) is 17.7 Å². The van der Waals surface area contributed by atoms with E-state index in [1.54, 1.807) is 17.0 Å². The van der Waals surface area contributed by atoms with Crippen LogP contribution in [0.3, 0.4) is 0 Å². The molecule has 2 aromatic carbocycles. The fourth-order valence-electron chi connectivity index (χ4n) is 3.16. The minimum atomic E-state index is -0.295. The van der Waals surface area contributed by atoms with Crippen molar-refractivity contribution in [1.82, 2.24) is 15.1 Å². The number of likely N-dealkylation sites (tertiary alicyclic amines) is 1. The van der Waals surface area contributed by atoms with Gasteiger partial charge in [0.15, 0.2) is 0 Å². The molecule has 0 saturated carbocycles. The van der Waals surface area contributed by atoms with Gasteiger partial charge in [-0.2, -0.15) is 0 Å². The quantitative estimate of drug-likeness (QED) is 0.772. The number of piperidine rings is 1. The maximum atomic E-state index is 12.6. The van der Waals surface area contributed by atoms with Gasteiger partial charge in [-0.15, -0.1) is 10.2 Å². The Bertz CT molecular complexity index is 924. The lowest BCUT2D eigenvalue weighted by molar-refractivity contribution is 0.0546. The van der Waals surface area contributed by atoms with Crippen molar-refractivity contribution in [3.63, 3.8) is 0 Å². The van der Waals surface area contributed by atoms with Crippen LogP contribution >= 0.6 is 0 Å². The summed E-state index contributed by atoms with van der Waals surface area (Å²) in [7, 11) is 0. The molecule has 2 heterocycles. The number of carbonyl (C=O) groups is 1. The van der Waals surface area contributed by atoms with Crippen LogP contribution in [0.1, 0.15) is 28.8 Å². The average molecular weight is 363 g/mol. The van der Waals surface area contributed by atoms with E-state index in [4.69, 9.17) is 4.42 Å². The normalized spacial score (nSPS) is 15.1. The van der Waals surface area contributed by atoms with Crippen molar-refractivity contribution in [3.8, 4) is 22.9 Å². The van der Waals surface area contributed by atoms with Gasteiger partial charge in [-0.25, -0.2) is 0 Å². The van der Waals surface area contributed by atoms with Crippen molar-refractivity contribution in [2.75, 3.05) is 13.1 Å². The molecular formula is C21H21N3O3. The molecule has 1 fully saturated rings. The van der Waals surface area contributed by atoms with Gasteiger partial charge in [0.05, 0.1) is 6.10 Å². The van der Waals surface area contributed by atoms with Crippen molar-refractivity contribution < 1.29 is 14.3 Å². The summed E-state index contributed by atoms with van der Waals surface area (Å²) in [6.07, 6.45) is 0.970. The number of benzene rings is 2. The van der Waals surface area contributed by atoms with E-state index in [0.717, 1.165) is 11.1 Å². The number of nitrogens with zero attached hydrogens (tertiary/aromatic N) is 3. The lowest BCUT2D eigenvalue weighted by Crippen LogP contribution is -2.40. The number of amides is 1. The Kier molecular flexibility index (Phi) is 4.73. The molecular weight excluding hydrogens is 342 g/mol. The van der Waals surface area contributed by atoms with Gasteiger partial charge in [0.1, 0.15) is 0 Å². The zero-order valence-electron chi connectivity index (χ0n) is 15.1. The third kappa shape index (κ3) is 3.75. The van der Waals surface area contributed by atoms with Crippen LogP contribution < -0.4 is 0 Å². The number of aliphatic hydroxyl groups is 1. The first-order valence-electron chi connectivity index (χ1n) is 9.08. The van der Waals surface area contributed by atoms with Gasteiger partial charge in [-0.05, 0) is 56.2 Å². The van der Waals surface area contributed by atoms with Gasteiger partial charge in [0, 0.05) is 29.8 Å². The third-order valence-electron chi connectivity index (χ3n) is 4.85. The van der Waals surface area contributed by atoms with Crippen LogP contribution in [-0.4, -0.2) is 45.3 Å². The molecule has 1 saturated heterocycles. The van der Waals surface area contributed by atoms with Gasteiger partial charge >= 0.3 is 0 Å². The second-order valence-electron chi connectivity index (χ2n) is 6.88. The standard InChI is InChI=1S/C21H21N3O3/c1-14-2-4-15(5-3-14)19-22-23-20(27-19)16-6-8-17(9-7-16)21(26)24-12-10-18(25)11-13-24/h2-9,18,25H,10-13H2,1H3. The molecule has 0 aliphatic carbocycles. The predicted octanol–water partition coefficient (Wildman–Crippen LogP) is 3.31. The molecule has 4 rings (SSSR count). The number of carbonyl (C=O) groups excluding carboxylic acids is 1. The van der Waals surface area contributed by atoms with Crippen LogP contribution in [0.4, 0.5) is 0 Å². The maximum absolute atomic E-state index is 12.6. The largest absolute Gasteiger partial charge is 0.416 e. The van der Waals surface area contributed by atoms with Crippen molar-refractivity contribution in [1.29, 1.82) is 0 Å². The van der Waals surface area contributed by atoms with Crippen LogP contribution in [-0.2, 0) is 0 Å². The third-order valence-corrected chi connectivity index (χ3v) is 4.85. The number of rotatable bonds is 3. The molecule has 0 spiro atoms. The molecule has 1 amide bonds. The first kappa shape index (κ1) is 17.4. The van der Waals surface area contributed by atoms with Crippen LogP contribution in [0.2, 0.25) is 0 Å². The fraction of sp³-hybridized carbons (Fsp3) is 0.286. The summed E-state index contributed by atoms with van der Waals surface area (Å²) in [5.74, 6) is 0.877. The van der Waals surface area contributed by atoms with Crippen LogP contribution in [0, 0.1) is 6.92 Å². The van der Waals surface area contributed by atoms with E-state index in [9.17, 15) is 9.90 Å². The highest BCUT2D eigenvalue weighted by Gasteiger charge is 2.22. The zero-order valence-corrected chi connectivity index (χ0v) is 15.1. The summed E-state index contributed by atoms with van der Waals surface area (Å²) in [6, 6.07) is 15.1. The number of hydrogen-bond donors (Lipinski definition) is 1. The van der Waals surface area contributed by atoms with Crippen molar-refractivity contribution >= 4 is 5.91 Å². The minimum absolute atomic E-state index is 0.0145. The van der Waals surface area contributed by atoms with E-state index in [1.807, 2.05) is 43.3 Å². The number of hydrogen-bond acceptors (Lipinski definition) is 5. The Morgan fingerprint density at radius 3 is 2.04 bits per heavy atom. The Morgan fingerprint density at radius 1 is 0.963 bits per heavy atom. The molecule has 1 N–H and O–H groups in total. The first-order chi connectivity index (χ1) is 13.1. The highest BCUT2D eigenvalue weighted by molar-refractivity contribution is 5.94. The van der Waals surface area contributed by atoms with E-state index in [-0.39, 0.29) is 12.0 Å². The SMILES string of the molecule is Cc1ccc(-c2nnc(-c3ccc(C(=O)N4CCC(O)CC4)cc3)o2)cc1. The van der Waals surface area contributed by atoms with E-state index in [0.29, 0.717) is 43.3 Å². The smallest absolute Gasteiger partial charge is 0.253 e. The molecule has 0 unspecified atom stereocenters. The predicted molar refractivity (Wildman–Crippen MR) is 101 cm³/mol. The molecule has 3 aromatic rings. The Hall–Kier alpha value is -2.99. The maximum Gasteiger partial charge on any atom is 0.253 e. The fourth-order valence-corrected chi connectivity index (χ4v) is 3.16. The molecule has 0 atom stereocenters. The molecule has 1 aliphatic rings. The molecule has 0 radical (unpaired) electrons. The number of aryl methyl sites for hydroxylation is 1. The van der Waals surface area contributed by atoms with E-state index in [1.165, 1.54) is 5.56 Å². The summed E-state index contributed by atoms with van der Waals surface area (Å²) in [6.45, 7) is 3.20. The second-order valence-corrected chi connectivity index (χ2v) is 6.88. The monoisotopic (exact) mass is 363 g/mol. The first-order valence-corrected chi connectivity index (χ1v) is 9.08. The number of aliphatic hydroxyl groups excluding tert-OH is 1. The highest BCUT2D eigenvalue weighted by Crippen LogP contribution is 2.25. The average Bonchev–Trinajstić information content (AvgIpc) is 3.19. The Labute approximate surface area is 157 Å². The van der Waals surface area contributed by atoms with E-state index in [2.05, 4.69) is 10.2 Å². The van der Waals surface area contributed by atoms with Crippen molar-refractivity contribution in [3.05, 3.63) is 59.7 Å². The number of aromatic nitrogens is 2. The summed E-state index contributed by atoms with van der Waals surface area (Å²) in [5.41, 5.74) is 3.43. The Morgan fingerprint density at radius 2 is 1.48 bits per heavy atom. The topological polar surface area (TPSA) is 79.5 Å². The molecule has 0 bridgehead atoms. The van der Waals surface area contributed by atoms with Gasteiger partial charge in [-0.3, -0.25) is 4.79 Å². The summed E-state index contributed by atoms with van der Waals surface area (Å²) >= 11 is 0.